The fourth-order valence-corrected chi connectivity index (χ4v) is 1.60. The molecule has 0 bridgehead atoms. The zero-order valence-corrected chi connectivity index (χ0v) is 11.3. The molecule has 1 amide bonds. The molecule has 0 atom stereocenters. The van der Waals surface area contributed by atoms with E-state index < -0.39 is 11.7 Å². The number of alkyl halides is 3. The monoisotopic (exact) mass is 287 g/mol. The predicted octanol–water partition coefficient (Wildman–Crippen LogP) is 3.25. The summed E-state index contributed by atoms with van der Waals surface area (Å²) in [6, 6.07) is 3.87. The Labute approximate surface area is 115 Å². The van der Waals surface area contributed by atoms with E-state index in [1.165, 1.54) is 20.1 Å². The molecule has 6 heteroatoms. The van der Waals surface area contributed by atoms with Gasteiger partial charge in [0.1, 0.15) is 5.75 Å². The SMILES string of the molecule is COc1ccc(C=CCCNC(C)=O)cc1C(F)(F)F. The fourth-order valence-electron chi connectivity index (χ4n) is 1.60. The summed E-state index contributed by atoms with van der Waals surface area (Å²) >= 11 is 0. The van der Waals surface area contributed by atoms with E-state index in [2.05, 4.69) is 5.32 Å². The van der Waals surface area contributed by atoms with Gasteiger partial charge >= 0.3 is 6.18 Å². The van der Waals surface area contributed by atoms with Gasteiger partial charge in [0.25, 0.3) is 0 Å². The Hall–Kier alpha value is -1.98. The molecule has 0 unspecified atom stereocenters. The second kappa shape index (κ2) is 6.98. The van der Waals surface area contributed by atoms with Crippen LogP contribution in [-0.4, -0.2) is 19.6 Å². The van der Waals surface area contributed by atoms with Crippen LogP contribution in [0, 0.1) is 0 Å². The zero-order chi connectivity index (χ0) is 15.2. The predicted molar refractivity (Wildman–Crippen MR) is 70.3 cm³/mol. The van der Waals surface area contributed by atoms with Gasteiger partial charge in [-0.3, -0.25) is 4.79 Å². The number of rotatable bonds is 5. The van der Waals surface area contributed by atoms with Crippen molar-refractivity contribution in [2.75, 3.05) is 13.7 Å². The zero-order valence-electron chi connectivity index (χ0n) is 11.3. The molecule has 0 saturated carbocycles. The molecule has 1 aromatic carbocycles. The summed E-state index contributed by atoms with van der Waals surface area (Å²) in [5.41, 5.74) is -0.370. The normalized spacial score (nSPS) is 11.7. The molecule has 1 N–H and O–H groups in total. The number of nitrogens with one attached hydrogen (secondary N) is 1. The number of benzene rings is 1. The van der Waals surface area contributed by atoms with Gasteiger partial charge in [-0.2, -0.15) is 13.2 Å². The van der Waals surface area contributed by atoms with E-state index in [9.17, 15) is 18.0 Å². The van der Waals surface area contributed by atoms with Crippen LogP contribution in [0.1, 0.15) is 24.5 Å². The van der Waals surface area contributed by atoms with E-state index in [1.54, 1.807) is 18.2 Å². The molecule has 0 spiro atoms. The quantitative estimate of drug-likeness (QED) is 0.844. The van der Waals surface area contributed by atoms with Crippen LogP contribution in [0.25, 0.3) is 6.08 Å². The van der Waals surface area contributed by atoms with Gasteiger partial charge < -0.3 is 10.1 Å². The van der Waals surface area contributed by atoms with Crippen molar-refractivity contribution in [1.82, 2.24) is 5.32 Å². The molecule has 0 fully saturated rings. The maximum absolute atomic E-state index is 12.8. The summed E-state index contributed by atoms with van der Waals surface area (Å²) in [6.45, 7) is 1.86. The Bertz CT molecular complexity index is 496. The molecule has 3 nitrogen and oxygen atoms in total. The highest BCUT2D eigenvalue weighted by molar-refractivity contribution is 5.72. The number of hydrogen-bond donors (Lipinski definition) is 1. The van der Waals surface area contributed by atoms with Gasteiger partial charge in [0, 0.05) is 13.5 Å². The Morgan fingerprint density at radius 1 is 1.40 bits per heavy atom. The first kappa shape index (κ1) is 16.1. The van der Waals surface area contributed by atoms with Crippen molar-refractivity contribution >= 4 is 12.0 Å². The lowest BCUT2D eigenvalue weighted by Crippen LogP contribution is -2.20. The number of methoxy groups -OCH3 is 1. The summed E-state index contributed by atoms with van der Waals surface area (Å²) in [5, 5.41) is 2.60. The Morgan fingerprint density at radius 3 is 2.65 bits per heavy atom. The molecule has 110 valence electrons. The highest BCUT2D eigenvalue weighted by Crippen LogP contribution is 2.36. The first-order chi connectivity index (χ1) is 9.34. The Kier molecular flexibility index (Phi) is 5.61. The van der Waals surface area contributed by atoms with Crippen LogP contribution in [0.4, 0.5) is 13.2 Å². The Morgan fingerprint density at radius 2 is 2.10 bits per heavy atom. The van der Waals surface area contributed by atoms with Crippen molar-refractivity contribution in [2.24, 2.45) is 0 Å². The van der Waals surface area contributed by atoms with Crippen molar-refractivity contribution in [3.8, 4) is 5.75 Å². The highest BCUT2D eigenvalue weighted by atomic mass is 19.4. The van der Waals surface area contributed by atoms with Crippen molar-refractivity contribution < 1.29 is 22.7 Å². The van der Waals surface area contributed by atoms with Crippen LogP contribution in [0.15, 0.2) is 24.3 Å². The molecule has 0 aliphatic rings. The van der Waals surface area contributed by atoms with E-state index in [1.807, 2.05) is 0 Å². The van der Waals surface area contributed by atoms with E-state index in [0.717, 1.165) is 6.07 Å². The van der Waals surface area contributed by atoms with Crippen molar-refractivity contribution in [1.29, 1.82) is 0 Å². The minimum Gasteiger partial charge on any atom is -0.496 e. The molecule has 1 aromatic rings. The molecular formula is C14H16F3NO2. The standard InChI is InChI=1S/C14H16F3NO2/c1-10(19)18-8-4-3-5-11-6-7-13(20-2)12(9-11)14(15,16)17/h3,5-7,9H,4,8H2,1-2H3,(H,18,19). The molecule has 0 saturated heterocycles. The van der Waals surface area contributed by atoms with Gasteiger partial charge in [0.15, 0.2) is 0 Å². The van der Waals surface area contributed by atoms with Gasteiger partial charge in [-0.25, -0.2) is 0 Å². The van der Waals surface area contributed by atoms with Crippen LogP contribution >= 0.6 is 0 Å². The van der Waals surface area contributed by atoms with E-state index in [0.29, 0.717) is 18.5 Å². The van der Waals surface area contributed by atoms with Crippen molar-refractivity contribution in [3.05, 3.63) is 35.4 Å². The van der Waals surface area contributed by atoms with Crippen LogP contribution in [0.2, 0.25) is 0 Å². The number of hydrogen-bond acceptors (Lipinski definition) is 2. The average molecular weight is 287 g/mol. The van der Waals surface area contributed by atoms with E-state index in [-0.39, 0.29) is 11.7 Å². The third-order valence-corrected chi connectivity index (χ3v) is 2.52. The number of carbonyl (C=O) groups is 1. The first-order valence-electron chi connectivity index (χ1n) is 6.01. The summed E-state index contributed by atoms with van der Waals surface area (Å²) < 4.78 is 43.1. The van der Waals surface area contributed by atoms with Crippen LogP contribution in [-0.2, 0) is 11.0 Å². The molecule has 20 heavy (non-hydrogen) atoms. The van der Waals surface area contributed by atoms with Crippen LogP contribution in [0.5, 0.6) is 5.75 Å². The molecule has 0 heterocycles. The lowest BCUT2D eigenvalue weighted by molar-refractivity contribution is -0.138. The Balaban J connectivity index is 2.77. The molecule has 0 aliphatic carbocycles. The maximum atomic E-state index is 12.8. The highest BCUT2D eigenvalue weighted by Gasteiger charge is 2.34. The number of amides is 1. The average Bonchev–Trinajstić information content (AvgIpc) is 2.36. The molecule has 0 radical (unpaired) electrons. The summed E-state index contributed by atoms with van der Waals surface area (Å²) in [4.78, 5) is 10.6. The first-order valence-corrected chi connectivity index (χ1v) is 6.01. The molecule has 0 aromatic heterocycles. The lowest BCUT2D eigenvalue weighted by atomic mass is 10.1. The minimum atomic E-state index is -4.45. The smallest absolute Gasteiger partial charge is 0.419 e. The van der Waals surface area contributed by atoms with Gasteiger partial charge in [0.2, 0.25) is 5.91 Å². The minimum absolute atomic E-state index is 0.137. The molecule has 0 aliphatic heterocycles. The number of carbonyl (C=O) groups excluding carboxylic acids is 1. The van der Waals surface area contributed by atoms with Gasteiger partial charge in [0.05, 0.1) is 12.7 Å². The van der Waals surface area contributed by atoms with Crippen molar-refractivity contribution in [2.45, 2.75) is 19.5 Å². The molecule has 1 rings (SSSR count). The maximum Gasteiger partial charge on any atom is 0.419 e. The van der Waals surface area contributed by atoms with Crippen molar-refractivity contribution in [3.63, 3.8) is 0 Å². The fraction of sp³-hybridized carbons (Fsp3) is 0.357. The summed E-state index contributed by atoms with van der Waals surface area (Å²) in [6.07, 6.45) is -0.618. The second-order valence-electron chi connectivity index (χ2n) is 4.13. The third-order valence-electron chi connectivity index (χ3n) is 2.52. The number of halogens is 3. The summed E-state index contributed by atoms with van der Waals surface area (Å²) in [5.74, 6) is -0.338. The van der Waals surface area contributed by atoms with Crippen LogP contribution in [0.3, 0.4) is 0 Å². The third kappa shape index (κ3) is 4.95. The molecular weight excluding hydrogens is 271 g/mol. The second-order valence-corrected chi connectivity index (χ2v) is 4.13. The van der Waals surface area contributed by atoms with Gasteiger partial charge in [-0.1, -0.05) is 18.2 Å². The van der Waals surface area contributed by atoms with E-state index in [4.69, 9.17) is 4.74 Å². The lowest BCUT2D eigenvalue weighted by Gasteiger charge is -2.12. The van der Waals surface area contributed by atoms with Gasteiger partial charge in [-0.15, -0.1) is 0 Å². The van der Waals surface area contributed by atoms with Gasteiger partial charge in [-0.05, 0) is 24.1 Å². The van der Waals surface area contributed by atoms with Crippen LogP contribution < -0.4 is 10.1 Å². The topological polar surface area (TPSA) is 38.3 Å². The summed E-state index contributed by atoms with van der Waals surface area (Å²) in [7, 11) is 1.20. The largest absolute Gasteiger partial charge is 0.496 e. The number of ether oxygens (including phenoxy) is 1. The van der Waals surface area contributed by atoms with E-state index >= 15 is 0 Å².